The third-order valence-corrected chi connectivity index (χ3v) is 2.17. The van der Waals surface area contributed by atoms with Gasteiger partial charge in [0.25, 0.3) is 0 Å². The second-order valence-corrected chi connectivity index (χ2v) is 3.05. The lowest BCUT2D eigenvalue weighted by molar-refractivity contribution is 1.31. The Morgan fingerprint density at radius 3 is 2.58 bits per heavy atom. The summed E-state index contributed by atoms with van der Waals surface area (Å²) in [6, 6.07) is 8.10. The standard InChI is InChI=1S/C9H8N2S/c1-7-4-2-3-5-8(7)11-6-10-9(11)12/h2-6H,1H3. The number of nitrogens with zero attached hydrogens (tertiary/aromatic N) is 2. The van der Waals surface area contributed by atoms with Gasteiger partial charge in [0.1, 0.15) is 6.34 Å². The molecule has 2 nitrogen and oxygen atoms in total. The minimum Gasteiger partial charge on any atom is -0.275 e. The van der Waals surface area contributed by atoms with E-state index in [0.717, 1.165) is 5.69 Å². The normalized spacial score (nSPS) is 14.8. The zero-order chi connectivity index (χ0) is 8.55. The molecule has 1 aliphatic rings. The second kappa shape index (κ2) is 2.68. The third kappa shape index (κ3) is 1.02. The van der Waals surface area contributed by atoms with E-state index in [9.17, 15) is 0 Å². The zero-order valence-corrected chi connectivity index (χ0v) is 7.51. The van der Waals surface area contributed by atoms with E-state index in [1.807, 2.05) is 23.1 Å². The van der Waals surface area contributed by atoms with E-state index in [4.69, 9.17) is 12.2 Å². The van der Waals surface area contributed by atoms with Crippen LogP contribution in [0, 0.1) is 6.92 Å². The number of anilines is 1. The van der Waals surface area contributed by atoms with Gasteiger partial charge in [0.2, 0.25) is 5.11 Å². The van der Waals surface area contributed by atoms with Gasteiger partial charge in [-0.1, -0.05) is 18.2 Å². The first kappa shape index (κ1) is 7.43. The highest BCUT2D eigenvalue weighted by Gasteiger charge is 2.16. The van der Waals surface area contributed by atoms with E-state index >= 15 is 0 Å². The number of aliphatic imine (C=N–C) groups is 1. The van der Waals surface area contributed by atoms with Crippen molar-refractivity contribution < 1.29 is 0 Å². The summed E-state index contributed by atoms with van der Waals surface area (Å²) in [5.41, 5.74) is 2.34. The topological polar surface area (TPSA) is 15.6 Å². The van der Waals surface area contributed by atoms with Crippen molar-refractivity contribution in [1.82, 2.24) is 0 Å². The fourth-order valence-corrected chi connectivity index (χ4v) is 1.35. The Bertz CT molecular complexity index is 357. The number of aryl methyl sites for hydroxylation is 1. The Morgan fingerprint density at radius 2 is 2.08 bits per heavy atom. The minimum absolute atomic E-state index is 0.643. The predicted molar refractivity (Wildman–Crippen MR) is 54.7 cm³/mol. The van der Waals surface area contributed by atoms with Gasteiger partial charge in [0, 0.05) is 0 Å². The monoisotopic (exact) mass is 176 g/mol. The van der Waals surface area contributed by atoms with Gasteiger partial charge in [-0.05, 0) is 30.8 Å². The lowest BCUT2D eigenvalue weighted by atomic mass is 10.2. The molecule has 12 heavy (non-hydrogen) atoms. The molecule has 0 unspecified atom stereocenters. The van der Waals surface area contributed by atoms with Crippen LogP contribution in [0.5, 0.6) is 0 Å². The van der Waals surface area contributed by atoms with Crippen LogP contribution in [-0.2, 0) is 0 Å². The maximum Gasteiger partial charge on any atom is 0.206 e. The molecule has 0 aliphatic carbocycles. The maximum atomic E-state index is 4.97. The summed E-state index contributed by atoms with van der Waals surface area (Å²) in [5, 5.41) is 0.643. The molecule has 0 radical (unpaired) electrons. The van der Waals surface area contributed by atoms with Crippen LogP contribution in [0.15, 0.2) is 29.3 Å². The average molecular weight is 176 g/mol. The van der Waals surface area contributed by atoms with E-state index in [1.54, 1.807) is 6.34 Å². The van der Waals surface area contributed by atoms with Crippen molar-refractivity contribution in [2.75, 3.05) is 4.90 Å². The smallest absolute Gasteiger partial charge is 0.206 e. The van der Waals surface area contributed by atoms with Gasteiger partial charge in [-0.2, -0.15) is 0 Å². The molecular weight excluding hydrogens is 168 g/mol. The number of para-hydroxylation sites is 1. The molecule has 0 bridgehead atoms. The summed E-state index contributed by atoms with van der Waals surface area (Å²) in [4.78, 5) is 5.81. The fraction of sp³-hybridized carbons (Fsp3) is 0.111. The van der Waals surface area contributed by atoms with Gasteiger partial charge in [-0.3, -0.25) is 4.90 Å². The molecule has 0 amide bonds. The molecule has 1 heterocycles. The highest BCUT2D eigenvalue weighted by Crippen LogP contribution is 2.21. The molecule has 0 aromatic heterocycles. The molecule has 0 spiro atoms. The zero-order valence-electron chi connectivity index (χ0n) is 6.69. The first-order valence-corrected chi connectivity index (χ1v) is 4.13. The average Bonchev–Trinajstić information content (AvgIpc) is 2.06. The molecule has 0 atom stereocenters. The van der Waals surface area contributed by atoms with Crippen molar-refractivity contribution >= 4 is 29.4 Å². The van der Waals surface area contributed by atoms with Crippen LogP contribution in [0.1, 0.15) is 5.56 Å². The van der Waals surface area contributed by atoms with E-state index in [1.165, 1.54) is 5.56 Å². The molecule has 0 fully saturated rings. The first-order chi connectivity index (χ1) is 5.79. The lowest BCUT2D eigenvalue weighted by Gasteiger charge is -2.25. The quantitative estimate of drug-likeness (QED) is 0.609. The summed E-state index contributed by atoms with van der Waals surface area (Å²) in [7, 11) is 0. The molecule has 3 heteroatoms. The van der Waals surface area contributed by atoms with Gasteiger partial charge in [-0.15, -0.1) is 0 Å². The molecule has 2 rings (SSSR count). The van der Waals surface area contributed by atoms with Crippen LogP contribution in [-0.4, -0.2) is 11.5 Å². The fourth-order valence-electron chi connectivity index (χ4n) is 1.16. The molecule has 1 aromatic carbocycles. The van der Waals surface area contributed by atoms with Crippen molar-refractivity contribution in [2.45, 2.75) is 6.92 Å². The Morgan fingerprint density at radius 1 is 1.33 bits per heavy atom. The van der Waals surface area contributed by atoms with Crippen molar-refractivity contribution in [1.29, 1.82) is 0 Å². The van der Waals surface area contributed by atoms with Crippen LogP contribution in [0.3, 0.4) is 0 Å². The van der Waals surface area contributed by atoms with E-state index in [-0.39, 0.29) is 0 Å². The van der Waals surface area contributed by atoms with Gasteiger partial charge >= 0.3 is 0 Å². The molecule has 1 aromatic rings. The Kier molecular flexibility index (Phi) is 1.66. The summed E-state index contributed by atoms with van der Waals surface area (Å²) in [6.45, 7) is 2.06. The number of thiocarbonyl (C=S) groups is 1. The maximum absolute atomic E-state index is 4.97. The van der Waals surface area contributed by atoms with Gasteiger partial charge < -0.3 is 0 Å². The number of hydrogen-bond donors (Lipinski definition) is 0. The molecule has 60 valence electrons. The largest absolute Gasteiger partial charge is 0.275 e. The van der Waals surface area contributed by atoms with Crippen LogP contribution in [0.4, 0.5) is 5.69 Å². The second-order valence-electron chi connectivity index (χ2n) is 2.68. The third-order valence-electron chi connectivity index (χ3n) is 1.86. The number of hydrogen-bond acceptors (Lipinski definition) is 1. The Balaban J connectivity index is 2.41. The van der Waals surface area contributed by atoms with Gasteiger partial charge in [-0.25, -0.2) is 4.99 Å². The SMILES string of the molecule is Cc1ccccc1N1C=NC1=S. The number of benzene rings is 1. The molecule has 1 aliphatic heterocycles. The van der Waals surface area contributed by atoms with E-state index in [0.29, 0.717) is 5.11 Å². The van der Waals surface area contributed by atoms with Gasteiger partial charge in [0.15, 0.2) is 0 Å². The van der Waals surface area contributed by atoms with Crippen LogP contribution < -0.4 is 4.90 Å². The summed E-state index contributed by atoms with van der Waals surface area (Å²) in [6.07, 6.45) is 1.74. The molecule has 0 saturated heterocycles. The van der Waals surface area contributed by atoms with Crippen LogP contribution in [0.2, 0.25) is 0 Å². The van der Waals surface area contributed by atoms with Crippen molar-refractivity contribution in [3.63, 3.8) is 0 Å². The molecule has 0 N–H and O–H groups in total. The number of rotatable bonds is 1. The highest BCUT2D eigenvalue weighted by molar-refractivity contribution is 7.80. The van der Waals surface area contributed by atoms with Crippen molar-refractivity contribution in [2.24, 2.45) is 4.99 Å². The summed E-state index contributed by atoms with van der Waals surface area (Å²) < 4.78 is 0. The Labute approximate surface area is 76.5 Å². The minimum atomic E-state index is 0.643. The van der Waals surface area contributed by atoms with Crippen LogP contribution >= 0.6 is 12.2 Å². The summed E-state index contributed by atoms with van der Waals surface area (Å²) >= 11 is 4.97. The molecule has 0 saturated carbocycles. The highest BCUT2D eigenvalue weighted by atomic mass is 32.1. The van der Waals surface area contributed by atoms with Crippen molar-refractivity contribution in [3.05, 3.63) is 29.8 Å². The summed E-state index contributed by atoms with van der Waals surface area (Å²) in [5.74, 6) is 0. The Hall–Kier alpha value is -1.22. The van der Waals surface area contributed by atoms with E-state index < -0.39 is 0 Å². The first-order valence-electron chi connectivity index (χ1n) is 3.72. The predicted octanol–water partition coefficient (Wildman–Crippen LogP) is 2.13. The lowest BCUT2D eigenvalue weighted by Crippen LogP contribution is -2.35. The molecular formula is C9H8N2S. The van der Waals surface area contributed by atoms with E-state index in [2.05, 4.69) is 18.0 Å². The van der Waals surface area contributed by atoms with Gasteiger partial charge in [0.05, 0.1) is 5.69 Å². The van der Waals surface area contributed by atoms with Crippen LogP contribution in [0.25, 0.3) is 0 Å². The van der Waals surface area contributed by atoms with Crippen molar-refractivity contribution in [3.8, 4) is 0 Å².